The number of nitrogens with zero attached hydrogens (tertiary/aromatic N) is 3. The van der Waals surface area contributed by atoms with Crippen LogP contribution in [-0.2, 0) is 13.6 Å². The Kier molecular flexibility index (Phi) is 4.98. The van der Waals surface area contributed by atoms with E-state index in [4.69, 9.17) is 11.6 Å². The van der Waals surface area contributed by atoms with Crippen molar-refractivity contribution < 1.29 is 4.79 Å². The van der Waals surface area contributed by atoms with Crippen LogP contribution in [0.3, 0.4) is 0 Å². The second-order valence-corrected chi connectivity index (χ2v) is 6.42. The number of piperidine rings is 1. The zero-order valence-electron chi connectivity index (χ0n) is 13.2. The predicted molar refractivity (Wildman–Crippen MR) is 90.4 cm³/mol. The zero-order valence-corrected chi connectivity index (χ0v) is 14.0. The smallest absolute Gasteiger partial charge is 0.272 e. The van der Waals surface area contributed by atoms with E-state index in [0.29, 0.717) is 5.69 Å². The maximum absolute atomic E-state index is 12.2. The van der Waals surface area contributed by atoms with Crippen LogP contribution in [0.5, 0.6) is 0 Å². The first-order chi connectivity index (χ1) is 11.1. The van der Waals surface area contributed by atoms with Gasteiger partial charge in [0.25, 0.3) is 5.91 Å². The van der Waals surface area contributed by atoms with Gasteiger partial charge in [-0.3, -0.25) is 14.4 Å². The van der Waals surface area contributed by atoms with E-state index in [2.05, 4.69) is 21.4 Å². The molecule has 122 valence electrons. The molecule has 1 N–H and O–H groups in total. The van der Waals surface area contributed by atoms with Crippen molar-refractivity contribution in [3.05, 3.63) is 52.8 Å². The SMILES string of the molecule is Cn1ccc(C(=O)NC2CCCN(Cc3ccccc3Cl)C2)n1. The van der Waals surface area contributed by atoms with Gasteiger partial charge in [0.2, 0.25) is 0 Å². The maximum Gasteiger partial charge on any atom is 0.272 e. The number of carbonyl (C=O) groups is 1. The molecule has 6 heteroatoms. The Morgan fingerprint density at radius 2 is 2.22 bits per heavy atom. The minimum absolute atomic E-state index is 0.102. The lowest BCUT2D eigenvalue weighted by Crippen LogP contribution is -2.47. The van der Waals surface area contributed by atoms with Gasteiger partial charge in [0.15, 0.2) is 0 Å². The Hall–Kier alpha value is -1.85. The molecule has 5 nitrogen and oxygen atoms in total. The van der Waals surface area contributed by atoms with E-state index in [0.717, 1.165) is 43.1 Å². The van der Waals surface area contributed by atoms with Gasteiger partial charge in [-0.2, -0.15) is 5.10 Å². The van der Waals surface area contributed by atoms with Crippen LogP contribution >= 0.6 is 11.6 Å². The minimum atomic E-state index is -0.102. The largest absolute Gasteiger partial charge is 0.347 e. The van der Waals surface area contributed by atoms with Crippen LogP contribution in [-0.4, -0.2) is 39.7 Å². The Balaban J connectivity index is 1.58. The summed E-state index contributed by atoms with van der Waals surface area (Å²) in [6, 6.07) is 9.81. The maximum atomic E-state index is 12.2. The molecule has 0 bridgehead atoms. The molecule has 2 aromatic rings. The van der Waals surface area contributed by atoms with Crippen molar-refractivity contribution in [3.8, 4) is 0 Å². The molecular formula is C17H21ClN4O. The van der Waals surface area contributed by atoms with Crippen LogP contribution in [0.4, 0.5) is 0 Å². The fraction of sp³-hybridized carbons (Fsp3) is 0.412. The molecule has 1 aromatic heterocycles. The first kappa shape index (κ1) is 16.0. The minimum Gasteiger partial charge on any atom is -0.347 e. The van der Waals surface area contributed by atoms with Gasteiger partial charge in [-0.05, 0) is 37.1 Å². The first-order valence-electron chi connectivity index (χ1n) is 7.88. The average Bonchev–Trinajstić information content (AvgIpc) is 2.97. The molecule has 1 aromatic carbocycles. The highest BCUT2D eigenvalue weighted by molar-refractivity contribution is 6.31. The van der Waals surface area contributed by atoms with Gasteiger partial charge in [0.05, 0.1) is 0 Å². The van der Waals surface area contributed by atoms with Gasteiger partial charge in [-0.25, -0.2) is 0 Å². The molecule has 1 atom stereocenters. The van der Waals surface area contributed by atoms with E-state index >= 15 is 0 Å². The number of benzene rings is 1. The second-order valence-electron chi connectivity index (χ2n) is 6.01. The zero-order chi connectivity index (χ0) is 16.2. The summed E-state index contributed by atoms with van der Waals surface area (Å²) in [5, 5.41) is 8.04. The number of hydrogen-bond acceptors (Lipinski definition) is 3. The fourth-order valence-electron chi connectivity index (χ4n) is 2.98. The van der Waals surface area contributed by atoms with Crippen LogP contribution < -0.4 is 5.32 Å². The highest BCUT2D eigenvalue weighted by Gasteiger charge is 2.23. The van der Waals surface area contributed by atoms with Gasteiger partial charge in [0.1, 0.15) is 5.69 Å². The molecule has 0 spiro atoms. The van der Waals surface area contributed by atoms with Gasteiger partial charge >= 0.3 is 0 Å². The molecule has 2 heterocycles. The Morgan fingerprint density at radius 1 is 1.39 bits per heavy atom. The van der Waals surface area contributed by atoms with E-state index in [1.54, 1.807) is 16.9 Å². The molecule has 1 saturated heterocycles. The monoisotopic (exact) mass is 332 g/mol. The summed E-state index contributed by atoms with van der Waals surface area (Å²) >= 11 is 6.24. The summed E-state index contributed by atoms with van der Waals surface area (Å²) in [5.41, 5.74) is 1.60. The number of aryl methyl sites for hydroxylation is 1. The number of rotatable bonds is 4. The lowest BCUT2D eigenvalue weighted by molar-refractivity contribution is 0.0895. The van der Waals surface area contributed by atoms with Crippen molar-refractivity contribution >= 4 is 17.5 Å². The molecule has 1 amide bonds. The lowest BCUT2D eigenvalue weighted by Gasteiger charge is -2.33. The average molecular weight is 333 g/mol. The quantitative estimate of drug-likeness (QED) is 0.935. The van der Waals surface area contributed by atoms with Crippen LogP contribution in [0.1, 0.15) is 28.9 Å². The van der Waals surface area contributed by atoms with Crippen molar-refractivity contribution in [1.29, 1.82) is 0 Å². The number of carbonyl (C=O) groups excluding carboxylic acids is 1. The summed E-state index contributed by atoms with van der Waals surface area (Å²) in [6.45, 7) is 2.68. The van der Waals surface area contributed by atoms with Gasteiger partial charge in [-0.1, -0.05) is 29.8 Å². The molecule has 1 unspecified atom stereocenters. The van der Waals surface area contributed by atoms with Crippen molar-refractivity contribution in [2.24, 2.45) is 7.05 Å². The van der Waals surface area contributed by atoms with E-state index < -0.39 is 0 Å². The molecule has 1 aliphatic heterocycles. The normalized spacial score (nSPS) is 18.8. The topological polar surface area (TPSA) is 50.2 Å². The van der Waals surface area contributed by atoms with Crippen LogP contribution in [0, 0.1) is 0 Å². The molecule has 23 heavy (non-hydrogen) atoms. The van der Waals surface area contributed by atoms with E-state index in [9.17, 15) is 4.79 Å². The molecular weight excluding hydrogens is 312 g/mol. The van der Waals surface area contributed by atoms with Gasteiger partial charge in [0, 0.05) is 37.4 Å². The van der Waals surface area contributed by atoms with Gasteiger partial charge < -0.3 is 5.32 Å². The lowest BCUT2D eigenvalue weighted by atomic mass is 10.0. The molecule has 0 aliphatic carbocycles. The number of nitrogens with one attached hydrogen (secondary N) is 1. The summed E-state index contributed by atoms with van der Waals surface area (Å²) in [4.78, 5) is 14.6. The van der Waals surface area contributed by atoms with Crippen molar-refractivity contribution in [3.63, 3.8) is 0 Å². The van der Waals surface area contributed by atoms with E-state index in [1.165, 1.54) is 0 Å². The number of likely N-dealkylation sites (tertiary alicyclic amines) is 1. The van der Waals surface area contributed by atoms with Crippen molar-refractivity contribution in [2.75, 3.05) is 13.1 Å². The summed E-state index contributed by atoms with van der Waals surface area (Å²) in [6.07, 6.45) is 3.84. The highest BCUT2D eigenvalue weighted by atomic mass is 35.5. The van der Waals surface area contributed by atoms with Crippen molar-refractivity contribution in [1.82, 2.24) is 20.0 Å². The molecule has 3 rings (SSSR count). The molecule has 1 fully saturated rings. The second kappa shape index (κ2) is 7.15. The number of amides is 1. The Bertz CT molecular complexity index is 685. The first-order valence-corrected chi connectivity index (χ1v) is 8.26. The van der Waals surface area contributed by atoms with E-state index in [-0.39, 0.29) is 11.9 Å². The predicted octanol–water partition coefficient (Wildman–Crippen LogP) is 2.47. The third kappa shape index (κ3) is 4.12. The van der Waals surface area contributed by atoms with Crippen molar-refractivity contribution in [2.45, 2.75) is 25.4 Å². The third-order valence-corrected chi connectivity index (χ3v) is 4.51. The number of hydrogen-bond donors (Lipinski definition) is 1. The van der Waals surface area contributed by atoms with E-state index in [1.807, 2.05) is 25.2 Å². The van der Waals surface area contributed by atoms with Crippen LogP contribution in [0.25, 0.3) is 0 Å². The summed E-state index contributed by atoms with van der Waals surface area (Å²) < 4.78 is 1.64. The summed E-state index contributed by atoms with van der Waals surface area (Å²) in [7, 11) is 1.81. The number of aromatic nitrogens is 2. The number of halogens is 1. The molecule has 0 radical (unpaired) electrons. The molecule has 0 saturated carbocycles. The fourth-order valence-corrected chi connectivity index (χ4v) is 3.18. The standard InChI is InChI=1S/C17H21ClN4O/c1-21-10-8-16(20-21)17(23)19-14-6-4-9-22(12-14)11-13-5-2-3-7-15(13)18/h2-3,5,7-8,10,14H,4,6,9,11-12H2,1H3,(H,19,23). The Morgan fingerprint density at radius 3 is 2.96 bits per heavy atom. The molecule has 1 aliphatic rings. The third-order valence-electron chi connectivity index (χ3n) is 4.14. The van der Waals surface area contributed by atoms with Crippen LogP contribution in [0.2, 0.25) is 5.02 Å². The highest BCUT2D eigenvalue weighted by Crippen LogP contribution is 2.19. The van der Waals surface area contributed by atoms with Crippen LogP contribution in [0.15, 0.2) is 36.5 Å². The summed E-state index contributed by atoms with van der Waals surface area (Å²) in [5.74, 6) is -0.102. The Labute approximate surface area is 141 Å². The van der Waals surface area contributed by atoms with Gasteiger partial charge in [-0.15, -0.1) is 0 Å².